The van der Waals surface area contributed by atoms with Gasteiger partial charge in [-0.3, -0.25) is 9.80 Å². The van der Waals surface area contributed by atoms with Crippen LogP contribution in [-0.4, -0.2) is 73.6 Å². The molecule has 1 heterocycles. The molecular formula is C12H24N4. The van der Waals surface area contributed by atoms with Crippen LogP contribution in [0.3, 0.4) is 0 Å². The predicted molar refractivity (Wildman–Crippen MR) is 66.3 cm³/mol. The minimum absolute atomic E-state index is 0.587. The van der Waals surface area contributed by atoms with Crippen molar-refractivity contribution in [2.75, 3.05) is 58.9 Å². The molecule has 1 rings (SSSR count). The molecule has 92 valence electrons. The summed E-state index contributed by atoms with van der Waals surface area (Å²) in [6, 6.07) is 2.22. The molecule has 0 aromatic rings. The van der Waals surface area contributed by atoms with Gasteiger partial charge in [-0.05, 0) is 13.1 Å². The van der Waals surface area contributed by atoms with Gasteiger partial charge >= 0.3 is 0 Å². The van der Waals surface area contributed by atoms with E-state index >= 15 is 0 Å². The van der Waals surface area contributed by atoms with Gasteiger partial charge in [-0.15, -0.1) is 0 Å². The summed E-state index contributed by atoms with van der Waals surface area (Å²) < 4.78 is 0. The molecule has 0 saturated carbocycles. The highest BCUT2D eigenvalue weighted by Gasteiger charge is 2.16. The minimum Gasteiger partial charge on any atom is -0.303 e. The van der Waals surface area contributed by atoms with Crippen LogP contribution < -0.4 is 0 Å². The van der Waals surface area contributed by atoms with Crippen molar-refractivity contribution >= 4 is 0 Å². The molecule has 0 radical (unpaired) electrons. The molecule has 0 spiro atoms. The Morgan fingerprint density at radius 2 is 1.62 bits per heavy atom. The van der Waals surface area contributed by atoms with Crippen molar-refractivity contribution in [3.8, 4) is 6.07 Å². The molecule has 0 unspecified atom stereocenters. The average molecular weight is 224 g/mol. The van der Waals surface area contributed by atoms with Crippen LogP contribution in [0.1, 0.15) is 13.8 Å². The summed E-state index contributed by atoms with van der Waals surface area (Å²) in [6.45, 7) is 14.0. The van der Waals surface area contributed by atoms with Gasteiger partial charge < -0.3 is 4.90 Å². The third-order valence-corrected chi connectivity index (χ3v) is 3.39. The van der Waals surface area contributed by atoms with Crippen molar-refractivity contribution in [2.24, 2.45) is 0 Å². The SMILES string of the molecule is CCN(CC)CCN1CCN(CC#N)CC1. The van der Waals surface area contributed by atoms with Crippen molar-refractivity contribution < 1.29 is 0 Å². The molecule has 16 heavy (non-hydrogen) atoms. The molecule has 1 aliphatic rings. The van der Waals surface area contributed by atoms with Crippen molar-refractivity contribution in [1.82, 2.24) is 14.7 Å². The number of nitrogens with zero attached hydrogens (tertiary/aromatic N) is 4. The van der Waals surface area contributed by atoms with E-state index in [0.717, 1.165) is 39.3 Å². The minimum atomic E-state index is 0.587. The zero-order chi connectivity index (χ0) is 11.8. The Morgan fingerprint density at radius 3 is 2.12 bits per heavy atom. The average Bonchev–Trinajstić information content (AvgIpc) is 2.33. The first-order valence-corrected chi connectivity index (χ1v) is 6.34. The van der Waals surface area contributed by atoms with E-state index < -0.39 is 0 Å². The van der Waals surface area contributed by atoms with Gasteiger partial charge in [0.2, 0.25) is 0 Å². The molecule has 0 aromatic heterocycles. The summed E-state index contributed by atoms with van der Waals surface area (Å²) in [5, 5.41) is 8.61. The Hall–Kier alpha value is -0.630. The fourth-order valence-corrected chi connectivity index (χ4v) is 2.09. The first-order valence-electron chi connectivity index (χ1n) is 6.34. The first-order chi connectivity index (χ1) is 7.80. The van der Waals surface area contributed by atoms with Crippen LogP contribution in [0.15, 0.2) is 0 Å². The van der Waals surface area contributed by atoms with Crippen LogP contribution in [0.4, 0.5) is 0 Å². The van der Waals surface area contributed by atoms with E-state index in [0.29, 0.717) is 6.54 Å². The maximum atomic E-state index is 8.61. The van der Waals surface area contributed by atoms with E-state index in [4.69, 9.17) is 5.26 Å². The summed E-state index contributed by atoms with van der Waals surface area (Å²) in [5.74, 6) is 0. The van der Waals surface area contributed by atoms with Crippen LogP contribution in [0.2, 0.25) is 0 Å². The predicted octanol–water partition coefficient (Wildman–Crippen LogP) is 0.469. The van der Waals surface area contributed by atoms with Crippen LogP contribution in [0.5, 0.6) is 0 Å². The van der Waals surface area contributed by atoms with Crippen LogP contribution in [0.25, 0.3) is 0 Å². The Kier molecular flexibility index (Phi) is 6.39. The second-order valence-electron chi connectivity index (χ2n) is 4.30. The third-order valence-electron chi connectivity index (χ3n) is 3.39. The number of rotatable bonds is 6. The lowest BCUT2D eigenvalue weighted by atomic mass is 10.3. The second kappa shape index (κ2) is 7.61. The van der Waals surface area contributed by atoms with E-state index in [-0.39, 0.29) is 0 Å². The van der Waals surface area contributed by atoms with Crippen molar-refractivity contribution in [2.45, 2.75) is 13.8 Å². The number of hydrogen-bond donors (Lipinski definition) is 0. The van der Waals surface area contributed by atoms with Gasteiger partial charge in [-0.2, -0.15) is 5.26 Å². The molecular weight excluding hydrogens is 200 g/mol. The zero-order valence-electron chi connectivity index (χ0n) is 10.7. The summed E-state index contributed by atoms with van der Waals surface area (Å²) in [7, 11) is 0. The summed E-state index contributed by atoms with van der Waals surface area (Å²) in [5.41, 5.74) is 0. The topological polar surface area (TPSA) is 33.5 Å². The van der Waals surface area contributed by atoms with Gasteiger partial charge in [0.05, 0.1) is 12.6 Å². The molecule has 0 aliphatic carbocycles. The second-order valence-corrected chi connectivity index (χ2v) is 4.30. The number of piperazine rings is 1. The fraction of sp³-hybridized carbons (Fsp3) is 0.917. The van der Waals surface area contributed by atoms with Gasteiger partial charge in [0.1, 0.15) is 0 Å². The van der Waals surface area contributed by atoms with E-state index in [2.05, 4.69) is 34.6 Å². The Balaban J connectivity index is 2.15. The first kappa shape index (κ1) is 13.4. The van der Waals surface area contributed by atoms with E-state index in [1.807, 2.05) is 0 Å². The number of nitriles is 1. The van der Waals surface area contributed by atoms with Crippen LogP contribution in [-0.2, 0) is 0 Å². The van der Waals surface area contributed by atoms with Crippen molar-refractivity contribution in [3.63, 3.8) is 0 Å². The Bertz CT molecular complexity index is 212. The normalized spacial score (nSPS) is 18.9. The smallest absolute Gasteiger partial charge is 0.0866 e. The number of hydrogen-bond acceptors (Lipinski definition) is 4. The molecule has 4 heteroatoms. The van der Waals surface area contributed by atoms with E-state index in [1.165, 1.54) is 13.1 Å². The molecule has 0 aromatic carbocycles. The van der Waals surface area contributed by atoms with Crippen LogP contribution >= 0.6 is 0 Å². The van der Waals surface area contributed by atoms with Gasteiger partial charge in [0.15, 0.2) is 0 Å². The highest BCUT2D eigenvalue weighted by atomic mass is 15.3. The molecule has 0 bridgehead atoms. The van der Waals surface area contributed by atoms with Crippen molar-refractivity contribution in [1.29, 1.82) is 5.26 Å². The lowest BCUT2D eigenvalue weighted by Crippen LogP contribution is -2.48. The molecule has 0 atom stereocenters. The monoisotopic (exact) mass is 224 g/mol. The largest absolute Gasteiger partial charge is 0.303 e. The fourth-order valence-electron chi connectivity index (χ4n) is 2.09. The highest BCUT2D eigenvalue weighted by Crippen LogP contribution is 2.01. The van der Waals surface area contributed by atoms with Crippen LogP contribution in [0, 0.1) is 11.3 Å². The van der Waals surface area contributed by atoms with Gasteiger partial charge in [0.25, 0.3) is 0 Å². The highest BCUT2D eigenvalue weighted by molar-refractivity contribution is 4.81. The van der Waals surface area contributed by atoms with E-state index in [9.17, 15) is 0 Å². The summed E-state index contributed by atoms with van der Waals surface area (Å²) >= 11 is 0. The molecule has 1 aliphatic heterocycles. The molecule has 1 saturated heterocycles. The maximum Gasteiger partial charge on any atom is 0.0866 e. The molecule has 1 fully saturated rings. The standard InChI is InChI=1S/C12H24N4/c1-3-14(4-2)7-8-16-11-9-15(6-5-13)10-12-16/h3-4,6-12H2,1-2H3. The molecule has 4 nitrogen and oxygen atoms in total. The Morgan fingerprint density at radius 1 is 1.06 bits per heavy atom. The number of likely N-dealkylation sites (N-methyl/N-ethyl adjacent to an activating group) is 1. The molecule has 0 N–H and O–H groups in total. The summed E-state index contributed by atoms with van der Waals surface area (Å²) in [6.07, 6.45) is 0. The quantitative estimate of drug-likeness (QED) is 0.614. The van der Waals surface area contributed by atoms with Gasteiger partial charge in [-0.25, -0.2) is 0 Å². The Labute approximate surface area is 99.4 Å². The maximum absolute atomic E-state index is 8.61. The molecule has 0 amide bonds. The van der Waals surface area contributed by atoms with E-state index in [1.54, 1.807) is 0 Å². The third kappa shape index (κ3) is 4.48. The van der Waals surface area contributed by atoms with Gasteiger partial charge in [-0.1, -0.05) is 13.8 Å². The van der Waals surface area contributed by atoms with Crippen molar-refractivity contribution in [3.05, 3.63) is 0 Å². The lowest BCUT2D eigenvalue weighted by molar-refractivity contribution is 0.129. The van der Waals surface area contributed by atoms with Gasteiger partial charge in [0, 0.05) is 39.3 Å². The zero-order valence-corrected chi connectivity index (χ0v) is 10.7. The summed E-state index contributed by atoms with van der Waals surface area (Å²) in [4.78, 5) is 7.20. The lowest BCUT2D eigenvalue weighted by Gasteiger charge is -2.34.